The van der Waals surface area contributed by atoms with Crippen LogP contribution in [-0.2, 0) is 12.6 Å². The summed E-state index contributed by atoms with van der Waals surface area (Å²) < 4.78 is 49.7. The third kappa shape index (κ3) is 4.26. The summed E-state index contributed by atoms with van der Waals surface area (Å²) >= 11 is 0. The van der Waals surface area contributed by atoms with Crippen molar-refractivity contribution in [2.75, 3.05) is 51.8 Å². The van der Waals surface area contributed by atoms with Crippen LogP contribution >= 0.6 is 0 Å². The maximum Gasteiger partial charge on any atom is 0.416 e. The summed E-state index contributed by atoms with van der Waals surface area (Å²) in [5.74, 6) is 1.46. The lowest BCUT2D eigenvalue weighted by Crippen LogP contribution is -2.47. The van der Waals surface area contributed by atoms with Gasteiger partial charge in [-0.1, -0.05) is 17.7 Å². The third-order valence-electron chi connectivity index (χ3n) is 5.76. The second-order valence-corrected chi connectivity index (χ2v) is 7.70. The van der Waals surface area contributed by atoms with Crippen molar-refractivity contribution in [2.45, 2.75) is 12.6 Å². The number of hydrogen-bond acceptors (Lipinski definition) is 4. The van der Waals surface area contributed by atoms with Crippen LogP contribution in [0.2, 0.25) is 0 Å². The summed E-state index contributed by atoms with van der Waals surface area (Å²) in [7, 11) is 3.27. The van der Waals surface area contributed by atoms with Crippen LogP contribution in [0, 0.1) is 0 Å². The summed E-state index contributed by atoms with van der Waals surface area (Å²) in [6.07, 6.45) is -1.23. The van der Waals surface area contributed by atoms with E-state index in [1.165, 1.54) is 23.3 Å². The molecule has 160 valence electrons. The molecule has 4 rings (SSSR count). The van der Waals surface area contributed by atoms with Crippen molar-refractivity contribution in [1.82, 2.24) is 4.90 Å². The standard InChI is InChI=1S/C23H25F3N2O2/c1-29-21-12-17-10-16(11-18(17)13-22(21)30-2)15-27-6-8-28(9-7-27)20-5-3-4-19(14-20)23(24,25)26/h3-5,10,12-14H,6-9,11,15H2,1-2H3. The molecule has 0 spiro atoms. The van der Waals surface area contributed by atoms with Gasteiger partial charge < -0.3 is 14.4 Å². The Hall–Kier alpha value is -2.67. The third-order valence-corrected chi connectivity index (χ3v) is 5.76. The van der Waals surface area contributed by atoms with Crippen LogP contribution in [0.25, 0.3) is 6.08 Å². The summed E-state index contributed by atoms with van der Waals surface area (Å²) in [4.78, 5) is 4.38. The molecule has 1 saturated heterocycles. The van der Waals surface area contributed by atoms with Gasteiger partial charge in [-0.05, 0) is 47.9 Å². The van der Waals surface area contributed by atoms with E-state index in [1.807, 2.05) is 17.0 Å². The molecule has 0 unspecified atom stereocenters. The Balaban J connectivity index is 1.37. The number of rotatable bonds is 5. The predicted molar refractivity (Wildman–Crippen MR) is 111 cm³/mol. The summed E-state index contributed by atoms with van der Waals surface area (Å²) in [5, 5.41) is 0. The molecule has 2 aromatic rings. The van der Waals surface area contributed by atoms with Crippen LogP contribution in [0.3, 0.4) is 0 Å². The highest BCUT2D eigenvalue weighted by molar-refractivity contribution is 5.68. The Labute approximate surface area is 174 Å². The molecule has 2 aliphatic rings. The number of hydrogen-bond donors (Lipinski definition) is 0. The number of fused-ring (bicyclic) bond motifs is 1. The number of alkyl halides is 3. The van der Waals surface area contributed by atoms with Gasteiger partial charge in [0.1, 0.15) is 0 Å². The molecule has 0 amide bonds. The number of nitrogens with zero attached hydrogens (tertiary/aromatic N) is 2. The number of benzene rings is 2. The SMILES string of the molecule is COc1cc2c(cc1OC)CC(CN1CCN(c3cccc(C(F)(F)F)c3)CC1)=C2. The maximum absolute atomic E-state index is 13.0. The molecule has 0 atom stereocenters. The van der Waals surface area contributed by atoms with Gasteiger partial charge in [-0.3, -0.25) is 4.90 Å². The zero-order chi connectivity index (χ0) is 21.3. The molecule has 0 radical (unpaired) electrons. The molecule has 0 aromatic heterocycles. The molecule has 1 aliphatic heterocycles. The van der Waals surface area contributed by atoms with Gasteiger partial charge in [0.05, 0.1) is 19.8 Å². The Kier molecular flexibility index (Phi) is 5.64. The topological polar surface area (TPSA) is 24.9 Å². The predicted octanol–water partition coefficient (Wildman–Crippen LogP) is 4.48. The van der Waals surface area contributed by atoms with Crippen molar-refractivity contribution < 1.29 is 22.6 Å². The summed E-state index contributed by atoms with van der Waals surface area (Å²) in [6, 6.07) is 9.63. The lowest BCUT2D eigenvalue weighted by Gasteiger charge is -2.36. The molecule has 2 aromatic carbocycles. The van der Waals surface area contributed by atoms with Gasteiger partial charge in [0, 0.05) is 38.4 Å². The van der Waals surface area contributed by atoms with Crippen LogP contribution in [0.1, 0.15) is 16.7 Å². The monoisotopic (exact) mass is 418 g/mol. The first-order valence-corrected chi connectivity index (χ1v) is 9.96. The molecule has 1 aliphatic carbocycles. The van der Waals surface area contributed by atoms with Gasteiger partial charge in [-0.25, -0.2) is 0 Å². The fraction of sp³-hybridized carbons (Fsp3) is 0.391. The molecule has 0 bridgehead atoms. The molecule has 4 nitrogen and oxygen atoms in total. The Morgan fingerprint density at radius 1 is 0.933 bits per heavy atom. The molecular formula is C23H25F3N2O2. The number of methoxy groups -OCH3 is 2. The first-order chi connectivity index (χ1) is 14.4. The van der Waals surface area contributed by atoms with E-state index in [9.17, 15) is 13.2 Å². The number of anilines is 1. The highest BCUT2D eigenvalue weighted by atomic mass is 19.4. The quantitative estimate of drug-likeness (QED) is 0.715. The fourth-order valence-electron chi connectivity index (χ4n) is 4.17. The van der Waals surface area contributed by atoms with Crippen LogP contribution in [0.4, 0.5) is 18.9 Å². The minimum absolute atomic E-state index is 0.595. The van der Waals surface area contributed by atoms with Gasteiger partial charge in [0.25, 0.3) is 0 Å². The number of halogens is 3. The highest BCUT2D eigenvalue weighted by Gasteiger charge is 2.31. The minimum atomic E-state index is -4.31. The van der Waals surface area contributed by atoms with E-state index in [0.29, 0.717) is 18.8 Å². The van der Waals surface area contributed by atoms with Gasteiger partial charge in [-0.15, -0.1) is 0 Å². The van der Waals surface area contributed by atoms with Crippen LogP contribution < -0.4 is 14.4 Å². The Morgan fingerprint density at radius 2 is 1.63 bits per heavy atom. The number of ether oxygens (including phenoxy) is 2. The van der Waals surface area contributed by atoms with Gasteiger partial charge in [0.15, 0.2) is 11.5 Å². The van der Waals surface area contributed by atoms with Crippen LogP contribution in [0.15, 0.2) is 42.0 Å². The Bertz CT molecular complexity index is 948. The largest absolute Gasteiger partial charge is 0.493 e. The van der Waals surface area contributed by atoms with Crippen LogP contribution in [0.5, 0.6) is 11.5 Å². The van der Waals surface area contributed by atoms with E-state index in [2.05, 4.69) is 11.0 Å². The normalized spacial score (nSPS) is 17.0. The van der Waals surface area contributed by atoms with Crippen molar-refractivity contribution in [3.63, 3.8) is 0 Å². The molecule has 1 heterocycles. The van der Waals surface area contributed by atoms with E-state index in [4.69, 9.17) is 9.47 Å². The Morgan fingerprint density at radius 3 is 2.30 bits per heavy atom. The average molecular weight is 418 g/mol. The molecule has 7 heteroatoms. The maximum atomic E-state index is 13.0. The first-order valence-electron chi connectivity index (χ1n) is 9.96. The van der Waals surface area contributed by atoms with Gasteiger partial charge in [-0.2, -0.15) is 13.2 Å². The second-order valence-electron chi connectivity index (χ2n) is 7.70. The molecule has 1 fully saturated rings. The average Bonchev–Trinajstić information content (AvgIpc) is 3.13. The van der Waals surface area contributed by atoms with E-state index in [1.54, 1.807) is 20.3 Å². The molecule has 30 heavy (non-hydrogen) atoms. The molecule has 0 N–H and O–H groups in total. The summed E-state index contributed by atoms with van der Waals surface area (Å²) in [6.45, 7) is 3.91. The lowest BCUT2D eigenvalue weighted by molar-refractivity contribution is -0.137. The van der Waals surface area contributed by atoms with Crippen molar-refractivity contribution in [2.24, 2.45) is 0 Å². The van der Waals surface area contributed by atoms with Crippen LogP contribution in [-0.4, -0.2) is 51.8 Å². The lowest BCUT2D eigenvalue weighted by atomic mass is 10.1. The van der Waals surface area contributed by atoms with Gasteiger partial charge in [0.2, 0.25) is 0 Å². The fourth-order valence-corrected chi connectivity index (χ4v) is 4.17. The van der Waals surface area contributed by atoms with Gasteiger partial charge >= 0.3 is 6.18 Å². The van der Waals surface area contributed by atoms with E-state index < -0.39 is 11.7 Å². The smallest absolute Gasteiger partial charge is 0.416 e. The highest BCUT2D eigenvalue weighted by Crippen LogP contribution is 2.36. The zero-order valence-corrected chi connectivity index (χ0v) is 17.1. The molecular weight excluding hydrogens is 393 g/mol. The molecule has 0 saturated carbocycles. The van der Waals surface area contributed by atoms with Crippen molar-refractivity contribution in [3.8, 4) is 11.5 Å². The number of piperazine rings is 1. The zero-order valence-electron chi connectivity index (χ0n) is 17.1. The van der Waals surface area contributed by atoms with Crippen molar-refractivity contribution in [1.29, 1.82) is 0 Å². The van der Waals surface area contributed by atoms with E-state index in [0.717, 1.165) is 49.2 Å². The van der Waals surface area contributed by atoms with E-state index in [-0.39, 0.29) is 0 Å². The first kappa shape index (κ1) is 20.6. The minimum Gasteiger partial charge on any atom is -0.493 e. The van der Waals surface area contributed by atoms with E-state index >= 15 is 0 Å². The summed E-state index contributed by atoms with van der Waals surface area (Å²) in [5.41, 5.74) is 3.75. The van der Waals surface area contributed by atoms with Crippen molar-refractivity contribution >= 4 is 11.8 Å². The second kappa shape index (κ2) is 8.22. The van der Waals surface area contributed by atoms with Crippen molar-refractivity contribution in [3.05, 3.63) is 58.7 Å².